The molecule has 0 heterocycles. The van der Waals surface area contributed by atoms with Gasteiger partial charge in [0.2, 0.25) is 0 Å². The Bertz CT molecular complexity index is 596. The number of hydrogen-bond donors (Lipinski definition) is 2. The van der Waals surface area contributed by atoms with Crippen LogP contribution in [0.25, 0.3) is 0 Å². The van der Waals surface area contributed by atoms with E-state index in [2.05, 4.69) is 6.92 Å². The first-order valence-corrected chi connectivity index (χ1v) is 8.89. The van der Waals surface area contributed by atoms with Crippen molar-refractivity contribution in [3.05, 3.63) is 12.2 Å². The summed E-state index contributed by atoms with van der Waals surface area (Å²) in [6.45, 7) is 4.09. The number of Topliss-reactive ketones (excluding diaryl/α,β-unsaturated/α-hetero) is 1. The van der Waals surface area contributed by atoms with Gasteiger partial charge in [0.1, 0.15) is 5.78 Å². The minimum Gasteiger partial charge on any atom is -0.393 e. The van der Waals surface area contributed by atoms with Gasteiger partial charge >= 0.3 is 0 Å². The zero-order chi connectivity index (χ0) is 16.6. The second-order valence-electron chi connectivity index (χ2n) is 8.73. The molecule has 4 aliphatic carbocycles. The summed E-state index contributed by atoms with van der Waals surface area (Å²) in [6, 6.07) is 0. The van der Waals surface area contributed by atoms with E-state index in [1.807, 2.05) is 13.0 Å². The number of fused-ring (bicyclic) bond motifs is 5. The number of aliphatic hydroxyl groups excluding tert-OH is 2. The van der Waals surface area contributed by atoms with E-state index in [4.69, 9.17) is 0 Å². The van der Waals surface area contributed by atoms with Crippen LogP contribution in [-0.2, 0) is 9.59 Å². The van der Waals surface area contributed by atoms with E-state index in [1.165, 1.54) is 0 Å². The van der Waals surface area contributed by atoms with Gasteiger partial charge in [0, 0.05) is 24.2 Å². The molecular formula is C19H26O4. The summed E-state index contributed by atoms with van der Waals surface area (Å²) < 4.78 is 0. The Hall–Kier alpha value is -1.00. The average Bonchev–Trinajstić information content (AvgIpc) is 2.76. The lowest BCUT2D eigenvalue weighted by molar-refractivity contribution is -0.175. The van der Waals surface area contributed by atoms with Gasteiger partial charge < -0.3 is 10.2 Å². The van der Waals surface area contributed by atoms with Crippen LogP contribution in [0, 0.1) is 34.5 Å². The number of aliphatic hydroxyl groups is 2. The average molecular weight is 318 g/mol. The molecule has 0 aliphatic heterocycles. The first-order chi connectivity index (χ1) is 10.8. The fourth-order valence-electron chi connectivity index (χ4n) is 6.59. The predicted molar refractivity (Wildman–Crippen MR) is 84.4 cm³/mol. The van der Waals surface area contributed by atoms with E-state index >= 15 is 0 Å². The second kappa shape index (κ2) is 4.76. The van der Waals surface area contributed by atoms with E-state index < -0.39 is 17.6 Å². The van der Waals surface area contributed by atoms with Crippen LogP contribution in [-0.4, -0.2) is 34.0 Å². The van der Waals surface area contributed by atoms with Crippen molar-refractivity contribution < 1.29 is 19.8 Å². The molecule has 4 rings (SSSR count). The van der Waals surface area contributed by atoms with Crippen molar-refractivity contribution in [3.63, 3.8) is 0 Å². The van der Waals surface area contributed by atoms with Crippen molar-refractivity contribution in [3.8, 4) is 0 Å². The lowest BCUT2D eigenvalue weighted by Crippen LogP contribution is -2.61. The van der Waals surface area contributed by atoms with Gasteiger partial charge in [0.15, 0.2) is 5.78 Å². The molecule has 3 fully saturated rings. The lowest BCUT2D eigenvalue weighted by Gasteiger charge is -2.60. The maximum Gasteiger partial charge on any atom is 0.155 e. The Morgan fingerprint density at radius 2 is 1.87 bits per heavy atom. The normalized spacial score (nSPS) is 55.3. The molecule has 0 radical (unpaired) electrons. The quantitative estimate of drug-likeness (QED) is 0.715. The van der Waals surface area contributed by atoms with Gasteiger partial charge in [-0.15, -0.1) is 0 Å². The van der Waals surface area contributed by atoms with Crippen molar-refractivity contribution in [2.24, 2.45) is 34.5 Å². The number of carbonyl (C=O) groups is 2. The summed E-state index contributed by atoms with van der Waals surface area (Å²) in [5.74, 6) is 0.667. The molecule has 0 aromatic heterocycles. The molecule has 0 aromatic rings. The minimum absolute atomic E-state index is 0.0317. The number of rotatable bonds is 0. The van der Waals surface area contributed by atoms with Crippen molar-refractivity contribution in [2.75, 3.05) is 0 Å². The number of hydrogen-bond acceptors (Lipinski definition) is 4. The van der Waals surface area contributed by atoms with Crippen LogP contribution in [0.3, 0.4) is 0 Å². The van der Waals surface area contributed by atoms with Crippen molar-refractivity contribution in [2.45, 2.75) is 58.2 Å². The number of ketones is 2. The van der Waals surface area contributed by atoms with Crippen LogP contribution in [0.2, 0.25) is 0 Å². The van der Waals surface area contributed by atoms with E-state index in [9.17, 15) is 19.8 Å². The molecule has 3 unspecified atom stereocenters. The maximum atomic E-state index is 12.4. The monoisotopic (exact) mass is 318 g/mol. The van der Waals surface area contributed by atoms with E-state index in [0.29, 0.717) is 25.7 Å². The van der Waals surface area contributed by atoms with Crippen molar-refractivity contribution in [1.82, 2.24) is 0 Å². The highest BCUT2D eigenvalue weighted by Gasteiger charge is 2.64. The molecule has 0 spiro atoms. The van der Waals surface area contributed by atoms with Crippen LogP contribution in [0.5, 0.6) is 0 Å². The van der Waals surface area contributed by atoms with Gasteiger partial charge in [-0.1, -0.05) is 19.9 Å². The van der Waals surface area contributed by atoms with Gasteiger partial charge in [-0.3, -0.25) is 9.59 Å². The standard InChI is InChI=1S/C19H26O4/c1-18-6-5-10(20)7-13(18)14(21)8-11-12-3-4-16(23)19(12,2)9-15(22)17(11)18/h5-6,11-15,17,21-22H,3-4,7-9H2,1-2H3/t11-,12-,13?,14?,15?,17-,18-,19-/m0/s1. The highest BCUT2D eigenvalue weighted by atomic mass is 16.3. The summed E-state index contributed by atoms with van der Waals surface area (Å²) in [7, 11) is 0. The van der Waals surface area contributed by atoms with Gasteiger partial charge in [0.25, 0.3) is 0 Å². The van der Waals surface area contributed by atoms with Crippen LogP contribution in [0.1, 0.15) is 46.0 Å². The van der Waals surface area contributed by atoms with Crippen molar-refractivity contribution in [1.29, 1.82) is 0 Å². The maximum absolute atomic E-state index is 12.4. The largest absolute Gasteiger partial charge is 0.393 e. The third-order valence-corrected chi connectivity index (χ3v) is 7.71. The molecule has 4 heteroatoms. The molecule has 4 aliphatic rings. The minimum atomic E-state index is -0.541. The van der Waals surface area contributed by atoms with Gasteiger partial charge in [-0.05, 0) is 48.5 Å². The van der Waals surface area contributed by atoms with Gasteiger partial charge in [0.05, 0.1) is 12.2 Å². The van der Waals surface area contributed by atoms with Gasteiger partial charge in [-0.25, -0.2) is 0 Å². The van der Waals surface area contributed by atoms with E-state index in [1.54, 1.807) is 6.08 Å². The summed E-state index contributed by atoms with van der Waals surface area (Å²) in [5.41, 5.74) is -0.791. The molecule has 4 nitrogen and oxygen atoms in total. The molecule has 2 N–H and O–H groups in total. The Balaban J connectivity index is 1.78. The molecule has 0 saturated heterocycles. The summed E-state index contributed by atoms with van der Waals surface area (Å²) in [4.78, 5) is 24.2. The first kappa shape index (κ1) is 15.5. The summed E-state index contributed by atoms with van der Waals surface area (Å²) in [6.07, 6.45) is 5.47. The highest BCUT2D eigenvalue weighted by Crippen LogP contribution is 2.64. The lowest BCUT2D eigenvalue weighted by atomic mass is 9.45. The van der Waals surface area contributed by atoms with Crippen molar-refractivity contribution >= 4 is 11.6 Å². The molecule has 126 valence electrons. The Labute approximate surface area is 137 Å². The molecule has 3 saturated carbocycles. The number of carbonyl (C=O) groups excluding carboxylic acids is 2. The Kier molecular flexibility index (Phi) is 3.21. The number of allylic oxidation sites excluding steroid dienone is 2. The van der Waals surface area contributed by atoms with Crippen LogP contribution in [0.4, 0.5) is 0 Å². The Morgan fingerprint density at radius 3 is 2.61 bits per heavy atom. The summed E-state index contributed by atoms with van der Waals surface area (Å²) in [5, 5.41) is 21.7. The third kappa shape index (κ3) is 1.91. The van der Waals surface area contributed by atoms with Gasteiger partial charge in [-0.2, -0.15) is 0 Å². The fourth-order valence-corrected chi connectivity index (χ4v) is 6.59. The van der Waals surface area contributed by atoms with Crippen LogP contribution < -0.4 is 0 Å². The molecule has 0 bridgehead atoms. The first-order valence-electron chi connectivity index (χ1n) is 8.89. The SMILES string of the molecule is C[C@]12C=CC(=O)CC1C(O)C[C@@H]1[C@H]2C(O)C[C@]2(C)C(=O)CC[C@@H]12. The summed E-state index contributed by atoms with van der Waals surface area (Å²) >= 11 is 0. The Morgan fingerprint density at radius 1 is 1.13 bits per heavy atom. The zero-order valence-electron chi connectivity index (χ0n) is 13.9. The van der Waals surface area contributed by atoms with Crippen LogP contribution >= 0.6 is 0 Å². The smallest absolute Gasteiger partial charge is 0.155 e. The highest BCUT2D eigenvalue weighted by molar-refractivity contribution is 5.91. The van der Waals surface area contributed by atoms with E-state index in [-0.39, 0.29) is 40.7 Å². The fraction of sp³-hybridized carbons (Fsp3) is 0.789. The topological polar surface area (TPSA) is 74.6 Å². The molecule has 0 amide bonds. The molecule has 0 aromatic carbocycles. The molecule has 23 heavy (non-hydrogen) atoms. The van der Waals surface area contributed by atoms with E-state index in [0.717, 1.165) is 6.42 Å². The third-order valence-electron chi connectivity index (χ3n) is 7.71. The molecular weight excluding hydrogens is 292 g/mol. The molecule has 8 atom stereocenters. The predicted octanol–water partition coefficient (Wildman–Crippen LogP) is 1.88. The zero-order valence-corrected chi connectivity index (χ0v) is 13.9. The second-order valence-corrected chi connectivity index (χ2v) is 8.73. The van der Waals surface area contributed by atoms with Crippen LogP contribution in [0.15, 0.2) is 12.2 Å².